The number of aliphatic hydroxyl groups excluding tert-OH is 1. The maximum atomic E-state index is 9.94. The summed E-state index contributed by atoms with van der Waals surface area (Å²) in [5.74, 6) is 0. The topological polar surface area (TPSA) is 41.3 Å². The molecule has 0 aliphatic carbocycles. The van der Waals surface area contributed by atoms with Gasteiger partial charge < -0.3 is 10.0 Å². The molecule has 1 aromatic heterocycles. The van der Waals surface area contributed by atoms with Crippen molar-refractivity contribution in [3.05, 3.63) is 18.0 Å². The average Bonchev–Trinajstić information content (AvgIpc) is 2.66. The van der Waals surface area contributed by atoms with E-state index in [-0.39, 0.29) is 0 Å². The van der Waals surface area contributed by atoms with Crippen LogP contribution in [0.1, 0.15) is 32.1 Å². The molecule has 0 aromatic carbocycles. The predicted octanol–water partition coefficient (Wildman–Crippen LogP) is 1.19. The molecule has 4 heteroatoms. The lowest BCUT2D eigenvalue weighted by molar-refractivity contribution is 0.137. The summed E-state index contributed by atoms with van der Waals surface area (Å²) in [6, 6.07) is 1.87. The van der Waals surface area contributed by atoms with E-state index in [4.69, 9.17) is 0 Å². The van der Waals surface area contributed by atoms with Gasteiger partial charge in [-0.05, 0) is 25.6 Å². The highest BCUT2D eigenvalue weighted by Gasteiger charge is 2.12. The minimum absolute atomic E-state index is 0.405. The largest absolute Gasteiger partial charge is 0.387 e. The molecule has 1 atom stereocenters. The van der Waals surface area contributed by atoms with Crippen LogP contribution in [0.4, 0.5) is 0 Å². The molecule has 1 rings (SSSR count). The second-order valence-corrected chi connectivity index (χ2v) is 3.71. The van der Waals surface area contributed by atoms with Crippen LogP contribution in [0.3, 0.4) is 0 Å². The smallest absolute Gasteiger partial charge is 0.0968 e. The summed E-state index contributed by atoms with van der Waals surface area (Å²) in [5, 5.41) is 14.0. The van der Waals surface area contributed by atoms with Crippen molar-refractivity contribution in [2.24, 2.45) is 7.05 Å². The fourth-order valence-corrected chi connectivity index (χ4v) is 1.70. The maximum absolute atomic E-state index is 9.94. The first-order valence-corrected chi connectivity index (χ1v) is 5.57. The van der Waals surface area contributed by atoms with Crippen molar-refractivity contribution in [2.45, 2.75) is 26.4 Å². The lowest BCUT2D eigenvalue weighted by Crippen LogP contribution is -2.25. The summed E-state index contributed by atoms with van der Waals surface area (Å²) in [4.78, 5) is 2.31. The molecule has 15 heavy (non-hydrogen) atoms. The molecule has 0 bridgehead atoms. The van der Waals surface area contributed by atoms with Gasteiger partial charge in [-0.2, -0.15) is 5.10 Å². The Balaban J connectivity index is 2.42. The molecule has 0 amide bonds. The van der Waals surface area contributed by atoms with E-state index in [1.165, 1.54) is 0 Å². The predicted molar refractivity (Wildman–Crippen MR) is 60.6 cm³/mol. The minimum Gasteiger partial charge on any atom is -0.387 e. The summed E-state index contributed by atoms with van der Waals surface area (Å²) in [7, 11) is 1.86. The summed E-state index contributed by atoms with van der Waals surface area (Å²) >= 11 is 0. The van der Waals surface area contributed by atoms with Gasteiger partial charge in [0.05, 0.1) is 11.8 Å². The molecule has 4 nitrogen and oxygen atoms in total. The number of hydrogen-bond acceptors (Lipinski definition) is 3. The summed E-state index contributed by atoms with van der Waals surface area (Å²) < 4.78 is 1.73. The van der Waals surface area contributed by atoms with Gasteiger partial charge in [0.2, 0.25) is 0 Å². The molecule has 1 heterocycles. The maximum Gasteiger partial charge on any atom is 0.0968 e. The fraction of sp³-hybridized carbons (Fsp3) is 0.727. The number of aliphatic hydroxyl groups is 1. The van der Waals surface area contributed by atoms with E-state index < -0.39 is 6.10 Å². The first-order valence-electron chi connectivity index (χ1n) is 5.57. The van der Waals surface area contributed by atoms with Crippen molar-refractivity contribution in [2.75, 3.05) is 19.6 Å². The standard InChI is InChI=1S/C11H21N3O/c1-4-14(5-2)9-7-11(15)10-6-8-12-13(10)3/h6,8,11,15H,4-5,7,9H2,1-3H3. The Morgan fingerprint density at radius 3 is 2.60 bits per heavy atom. The van der Waals surface area contributed by atoms with E-state index in [1.807, 2.05) is 13.1 Å². The van der Waals surface area contributed by atoms with E-state index in [0.29, 0.717) is 0 Å². The zero-order valence-electron chi connectivity index (χ0n) is 9.85. The van der Waals surface area contributed by atoms with Gasteiger partial charge in [-0.1, -0.05) is 13.8 Å². The zero-order valence-corrected chi connectivity index (χ0v) is 9.85. The van der Waals surface area contributed by atoms with Gasteiger partial charge >= 0.3 is 0 Å². The van der Waals surface area contributed by atoms with Crippen LogP contribution < -0.4 is 0 Å². The van der Waals surface area contributed by atoms with Crippen LogP contribution >= 0.6 is 0 Å². The summed E-state index contributed by atoms with van der Waals surface area (Å²) in [6.07, 6.45) is 2.08. The van der Waals surface area contributed by atoms with Gasteiger partial charge in [0.15, 0.2) is 0 Å². The van der Waals surface area contributed by atoms with Crippen LogP contribution in [0.25, 0.3) is 0 Å². The van der Waals surface area contributed by atoms with Crippen LogP contribution in [-0.2, 0) is 7.05 Å². The van der Waals surface area contributed by atoms with Gasteiger partial charge in [-0.15, -0.1) is 0 Å². The molecular formula is C11H21N3O. The molecule has 0 radical (unpaired) electrons. The van der Waals surface area contributed by atoms with E-state index in [9.17, 15) is 5.11 Å². The van der Waals surface area contributed by atoms with Gasteiger partial charge in [0.25, 0.3) is 0 Å². The average molecular weight is 211 g/mol. The highest BCUT2D eigenvalue weighted by Crippen LogP contribution is 2.15. The Kier molecular flexibility index (Phi) is 4.78. The molecule has 0 saturated carbocycles. The lowest BCUT2D eigenvalue weighted by atomic mass is 10.2. The molecule has 0 aliphatic rings. The molecule has 1 unspecified atom stereocenters. The molecule has 86 valence electrons. The van der Waals surface area contributed by atoms with Gasteiger partial charge in [0.1, 0.15) is 0 Å². The molecule has 1 N–H and O–H groups in total. The van der Waals surface area contributed by atoms with Crippen molar-refractivity contribution in [1.29, 1.82) is 0 Å². The first kappa shape index (κ1) is 12.2. The lowest BCUT2D eigenvalue weighted by Gasteiger charge is -2.20. The Hall–Kier alpha value is -0.870. The Bertz CT molecular complexity index is 281. The quantitative estimate of drug-likeness (QED) is 0.768. The van der Waals surface area contributed by atoms with E-state index in [1.54, 1.807) is 10.9 Å². The van der Waals surface area contributed by atoms with Gasteiger partial charge in [-0.3, -0.25) is 4.68 Å². The van der Waals surface area contributed by atoms with Crippen LogP contribution in [0.15, 0.2) is 12.3 Å². The summed E-state index contributed by atoms with van der Waals surface area (Å²) in [5.41, 5.74) is 0.891. The van der Waals surface area contributed by atoms with Crippen molar-refractivity contribution in [1.82, 2.24) is 14.7 Å². The molecular weight excluding hydrogens is 190 g/mol. The number of aromatic nitrogens is 2. The Labute approximate surface area is 91.5 Å². The van der Waals surface area contributed by atoms with Crippen LogP contribution in [0, 0.1) is 0 Å². The van der Waals surface area contributed by atoms with Crippen molar-refractivity contribution >= 4 is 0 Å². The van der Waals surface area contributed by atoms with Gasteiger partial charge in [-0.25, -0.2) is 0 Å². The third kappa shape index (κ3) is 3.32. The van der Waals surface area contributed by atoms with Crippen LogP contribution in [0.2, 0.25) is 0 Å². The molecule has 0 fully saturated rings. The number of aryl methyl sites for hydroxylation is 1. The third-order valence-electron chi connectivity index (χ3n) is 2.81. The second kappa shape index (κ2) is 5.88. The normalized spacial score (nSPS) is 13.4. The number of hydrogen-bond donors (Lipinski definition) is 1. The fourth-order valence-electron chi connectivity index (χ4n) is 1.70. The molecule has 0 spiro atoms. The summed E-state index contributed by atoms with van der Waals surface area (Å²) in [6.45, 7) is 7.28. The van der Waals surface area contributed by atoms with Crippen LogP contribution in [-0.4, -0.2) is 39.4 Å². The minimum atomic E-state index is -0.405. The van der Waals surface area contributed by atoms with E-state index >= 15 is 0 Å². The SMILES string of the molecule is CCN(CC)CCC(O)c1ccnn1C. The Morgan fingerprint density at radius 2 is 2.13 bits per heavy atom. The van der Waals surface area contributed by atoms with Gasteiger partial charge in [0, 0.05) is 19.8 Å². The highest BCUT2D eigenvalue weighted by molar-refractivity contribution is 5.03. The van der Waals surface area contributed by atoms with Crippen molar-refractivity contribution in [3.63, 3.8) is 0 Å². The highest BCUT2D eigenvalue weighted by atomic mass is 16.3. The van der Waals surface area contributed by atoms with E-state index in [2.05, 4.69) is 23.8 Å². The van der Waals surface area contributed by atoms with E-state index in [0.717, 1.165) is 31.7 Å². The number of rotatable bonds is 6. The van der Waals surface area contributed by atoms with Crippen molar-refractivity contribution < 1.29 is 5.11 Å². The molecule has 1 aromatic rings. The molecule has 0 saturated heterocycles. The monoisotopic (exact) mass is 211 g/mol. The number of nitrogens with zero attached hydrogens (tertiary/aromatic N) is 3. The zero-order chi connectivity index (χ0) is 11.3. The van der Waals surface area contributed by atoms with Crippen LogP contribution in [0.5, 0.6) is 0 Å². The second-order valence-electron chi connectivity index (χ2n) is 3.71. The molecule has 0 aliphatic heterocycles. The third-order valence-corrected chi connectivity index (χ3v) is 2.81. The van der Waals surface area contributed by atoms with Crippen molar-refractivity contribution in [3.8, 4) is 0 Å². The Morgan fingerprint density at radius 1 is 1.47 bits per heavy atom. The first-order chi connectivity index (χ1) is 7.19.